The number of carbonyl (C=O) groups excluding carboxylic acids is 1. The molecule has 8 heteroatoms. The smallest absolute Gasteiger partial charge is 0.241 e. The Morgan fingerprint density at radius 3 is 2.46 bits per heavy atom. The van der Waals surface area contributed by atoms with Crippen LogP contribution >= 0.6 is 0 Å². The number of hydrogen-bond acceptors (Lipinski definition) is 5. The van der Waals surface area contributed by atoms with Crippen molar-refractivity contribution in [2.45, 2.75) is 31.7 Å². The first kappa shape index (κ1) is 21.9. The summed E-state index contributed by atoms with van der Waals surface area (Å²) < 4.78 is 38.6. The fourth-order valence-electron chi connectivity index (χ4n) is 2.54. The van der Waals surface area contributed by atoms with Gasteiger partial charge in [0.1, 0.15) is 12.4 Å². The summed E-state index contributed by atoms with van der Waals surface area (Å²) >= 11 is 0. The van der Waals surface area contributed by atoms with Crippen molar-refractivity contribution >= 4 is 21.6 Å². The molecule has 152 valence electrons. The Labute approximate surface area is 166 Å². The average molecular weight is 407 g/mol. The number of rotatable bonds is 10. The van der Waals surface area contributed by atoms with E-state index in [0.717, 1.165) is 5.56 Å². The minimum absolute atomic E-state index is 0.148. The molecule has 2 rings (SSSR count). The second-order valence-corrected chi connectivity index (χ2v) is 7.88. The highest BCUT2D eigenvalue weighted by atomic mass is 32.2. The van der Waals surface area contributed by atoms with Gasteiger partial charge in [-0.2, -0.15) is 0 Å². The zero-order chi connectivity index (χ0) is 20.6. The molecule has 1 amide bonds. The third-order valence-electron chi connectivity index (χ3n) is 3.87. The summed E-state index contributed by atoms with van der Waals surface area (Å²) in [5, 5.41) is 2.69. The van der Waals surface area contributed by atoms with Crippen LogP contribution in [-0.4, -0.2) is 34.1 Å². The van der Waals surface area contributed by atoms with Crippen molar-refractivity contribution in [3.63, 3.8) is 0 Å². The van der Waals surface area contributed by atoms with Crippen molar-refractivity contribution in [2.75, 3.05) is 25.1 Å². The lowest BCUT2D eigenvalue weighted by molar-refractivity contribution is -0.114. The van der Waals surface area contributed by atoms with Gasteiger partial charge in [0.05, 0.1) is 11.5 Å². The quantitative estimate of drug-likeness (QED) is 0.592. The monoisotopic (exact) mass is 406 g/mol. The molecule has 28 heavy (non-hydrogen) atoms. The SMILES string of the molecule is CCOCCOc1ccc(S(=O)(=O)NC(C)c2cccc(NC(C)=O)c2)cc1. The highest BCUT2D eigenvalue weighted by molar-refractivity contribution is 7.89. The minimum Gasteiger partial charge on any atom is -0.491 e. The van der Waals surface area contributed by atoms with Gasteiger partial charge in [0, 0.05) is 25.3 Å². The predicted octanol–water partition coefficient (Wildman–Crippen LogP) is 3.10. The van der Waals surface area contributed by atoms with E-state index in [0.29, 0.717) is 31.3 Å². The molecule has 0 radical (unpaired) electrons. The van der Waals surface area contributed by atoms with E-state index in [-0.39, 0.29) is 10.8 Å². The molecule has 0 saturated heterocycles. The van der Waals surface area contributed by atoms with Gasteiger partial charge in [-0.1, -0.05) is 12.1 Å². The van der Waals surface area contributed by atoms with E-state index in [2.05, 4.69) is 10.0 Å². The molecule has 0 aromatic heterocycles. The molecule has 2 N–H and O–H groups in total. The van der Waals surface area contributed by atoms with Crippen molar-refractivity contribution in [1.82, 2.24) is 4.72 Å². The number of sulfonamides is 1. The van der Waals surface area contributed by atoms with Gasteiger partial charge >= 0.3 is 0 Å². The Balaban J connectivity index is 2.03. The second kappa shape index (κ2) is 10.2. The lowest BCUT2D eigenvalue weighted by Crippen LogP contribution is -2.27. The second-order valence-electron chi connectivity index (χ2n) is 6.17. The van der Waals surface area contributed by atoms with Crippen molar-refractivity contribution in [1.29, 1.82) is 0 Å². The van der Waals surface area contributed by atoms with Crippen LogP contribution in [0.4, 0.5) is 5.69 Å². The van der Waals surface area contributed by atoms with Crippen molar-refractivity contribution in [2.24, 2.45) is 0 Å². The number of nitrogens with one attached hydrogen (secondary N) is 2. The Bertz CT molecular complexity index is 882. The van der Waals surface area contributed by atoms with Gasteiger partial charge in [0.25, 0.3) is 0 Å². The number of carbonyl (C=O) groups is 1. The molecule has 2 aromatic rings. The first-order valence-electron chi connectivity index (χ1n) is 9.02. The molecule has 0 saturated carbocycles. The topological polar surface area (TPSA) is 93.7 Å². The molecule has 0 spiro atoms. The molecule has 1 unspecified atom stereocenters. The van der Waals surface area contributed by atoms with Gasteiger partial charge in [0.2, 0.25) is 15.9 Å². The minimum atomic E-state index is -3.71. The van der Waals surface area contributed by atoms with Crippen LogP contribution in [0.5, 0.6) is 5.75 Å². The van der Waals surface area contributed by atoms with Crippen molar-refractivity contribution < 1.29 is 22.7 Å². The van der Waals surface area contributed by atoms with E-state index in [1.165, 1.54) is 19.1 Å². The molecule has 7 nitrogen and oxygen atoms in total. The normalized spacial score (nSPS) is 12.4. The van der Waals surface area contributed by atoms with Crippen LogP contribution < -0.4 is 14.8 Å². The molecule has 0 heterocycles. The van der Waals surface area contributed by atoms with Gasteiger partial charge in [0.15, 0.2) is 0 Å². The molecular weight excluding hydrogens is 380 g/mol. The van der Waals surface area contributed by atoms with Crippen LogP contribution in [0.2, 0.25) is 0 Å². The van der Waals surface area contributed by atoms with Crippen molar-refractivity contribution in [3.8, 4) is 5.75 Å². The Kier molecular flexibility index (Phi) is 7.98. The van der Waals surface area contributed by atoms with Gasteiger partial charge < -0.3 is 14.8 Å². The number of ether oxygens (including phenoxy) is 2. The maximum Gasteiger partial charge on any atom is 0.241 e. The molecule has 0 bridgehead atoms. The third-order valence-corrected chi connectivity index (χ3v) is 5.43. The standard InChI is InChI=1S/C20H26N2O5S/c1-4-26-12-13-27-19-8-10-20(11-9-19)28(24,25)22-15(2)17-6-5-7-18(14-17)21-16(3)23/h5-11,14-15,22H,4,12-13H2,1-3H3,(H,21,23). The predicted molar refractivity (Wildman–Crippen MR) is 108 cm³/mol. The Morgan fingerprint density at radius 1 is 1.11 bits per heavy atom. The zero-order valence-corrected chi connectivity index (χ0v) is 17.1. The van der Waals surface area contributed by atoms with E-state index in [1.54, 1.807) is 43.3 Å². The Morgan fingerprint density at radius 2 is 1.82 bits per heavy atom. The molecule has 1 atom stereocenters. The molecule has 0 fully saturated rings. The Hall–Kier alpha value is -2.42. The highest BCUT2D eigenvalue weighted by Gasteiger charge is 2.18. The van der Waals surface area contributed by atoms with Crippen LogP contribution in [0.1, 0.15) is 32.4 Å². The van der Waals surface area contributed by atoms with Crippen LogP contribution in [0.3, 0.4) is 0 Å². The zero-order valence-electron chi connectivity index (χ0n) is 16.3. The van der Waals surface area contributed by atoms with Gasteiger partial charge in [-0.25, -0.2) is 13.1 Å². The van der Waals surface area contributed by atoms with Crippen molar-refractivity contribution in [3.05, 3.63) is 54.1 Å². The lowest BCUT2D eigenvalue weighted by atomic mass is 10.1. The number of anilines is 1. The fourth-order valence-corrected chi connectivity index (χ4v) is 3.77. The number of hydrogen-bond donors (Lipinski definition) is 2. The van der Waals surface area contributed by atoms with Crippen LogP contribution in [-0.2, 0) is 19.6 Å². The van der Waals surface area contributed by atoms with E-state index < -0.39 is 16.1 Å². The summed E-state index contributed by atoms with van der Waals surface area (Å²) in [4.78, 5) is 11.3. The molecular formula is C20H26N2O5S. The van der Waals surface area contributed by atoms with Crippen LogP contribution in [0.25, 0.3) is 0 Å². The number of amides is 1. The van der Waals surface area contributed by atoms with E-state index in [4.69, 9.17) is 9.47 Å². The molecule has 0 aliphatic rings. The molecule has 2 aromatic carbocycles. The lowest BCUT2D eigenvalue weighted by Gasteiger charge is -2.16. The van der Waals surface area contributed by atoms with E-state index in [9.17, 15) is 13.2 Å². The summed E-state index contributed by atoms with van der Waals surface area (Å²) in [5.74, 6) is 0.392. The first-order valence-corrected chi connectivity index (χ1v) is 10.5. The molecule has 0 aliphatic heterocycles. The van der Waals surface area contributed by atoms with Gasteiger partial charge in [-0.15, -0.1) is 0 Å². The van der Waals surface area contributed by atoms with E-state index in [1.807, 2.05) is 6.92 Å². The summed E-state index contributed by atoms with van der Waals surface area (Å²) in [6, 6.07) is 12.8. The van der Waals surface area contributed by atoms with Crippen LogP contribution in [0.15, 0.2) is 53.4 Å². The fraction of sp³-hybridized carbons (Fsp3) is 0.350. The summed E-state index contributed by atoms with van der Waals surface area (Å²) in [5.41, 5.74) is 1.36. The highest BCUT2D eigenvalue weighted by Crippen LogP contribution is 2.21. The van der Waals surface area contributed by atoms with Gasteiger partial charge in [-0.3, -0.25) is 4.79 Å². The summed E-state index contributed by atoms with van der Waals surface area (Å²) in [6.07, 6.45) is 0. The third kappa shape index (κ3) is 6.63. The maximum atomic E-state index is 12.6. The largest absolute Gasteiger partial charge is 0.491 e. The summed E-state index contributed by atoms with van der Waals surface area (Å²) in [7, 11) is -3.71. The van der Waals surface area contributed by atoms with Gasteiger partial charge in [-0.05, 0) is 55.8 Å². The summed E-state index contributed by atoms with van der Waals surface area (Å²) in [6.45, 7) is 6.58. The average Bonchev–Trinajstić information content (AvgIpc) is 2.65. The first-order chi connectivity index (χ1) is 13.3. The van der Waals surface area contributed by atoms with E-state index >= 15 is 0 Å². The maximum absolute atomic E-state index is 12.6. The van der Waals surface area contributed by atoms with Crippen LogP contribution in [0, 0.1) is 0 Å². The molecule has 0 aliphatic carbocycles. The number of benzene rings is 2.